The minimum Gasteiger partial charge on any atom is -0.497 e. The van der Waals surface area contributed by atoms with Gasteiger partial charge < -0.3 is 19.3 Å². The Hall–Kier alpha value is -2.72. The molecule has 140 valence electrons. The first-order valence-electron chi connectivity index (χ1n) is 8.52. The Labute approximate surface area is 167 Å². The summed E-state index contributed by atoms with van der Waals surface area (Å²) in [7, 11) is 3.13. The van der Waals surface area contributed by atoms with E-state index in [0.717, 1.165) is 23.2 Å². The molecule has 7 heteroatoms. The van der Waals surface area contributed by atoms with Gasteiger partial charge in [0, 0.05) is 42.3 Å². The Morgan fingerprint density at radius 3 is 2.19 bits per heavy atom. The largest absolute Gasteiger partial charge is 0.497 e. The van der Waals surface area contributed by atoms with E-state index in [9.17, 15) is 4.79 Å². The van der Waals surface area contributed by atoms with E-state index in [1.807, 2.05) is 17.0 Å². The van der Waals surface area contributed by atoms with Gasteiger partial charge in [0.25, 0.3) is 5.91 Å². The fraction of sp³-hybridized carbons (Fsp3) is 0.300. The third-order valence-electron chi connectivity index (χ3n) is 4.58. The molecule has 1 aliphatic heterocycles. The molecule has 0 spiro atoms. The maximum Gasteiger partial charge on any atom is 0.254 e. The van der Waals surface area contributed by atoms with Crippen LogP contribution >= 0.6 is 15.9 Å². The number of hydrogen-bond donors (Lipinski definition) is 0. The quantitative estimate of drug-likeness (QED) is 0.745. The molecule has 0 aliphatic carbocycles. The number of methoxy groups -OCH3 is 2. The number of ether oxygens (including phenoxy) is 2. The molecule has 27 heavy (non-hydrogen) atoms. The molecule has 0 bridgehead atoms. The standard InChI is InChI=1S/C20H20BrN3O3/c1-26-16-10-15(11-17(12-16)27-2)20(25)24-7-5-23(6-8-24)19-4-3-14(13-22)9-18(19)21/h3-4,9-12H,5-8H2,1-2H3. The molecule has 2 aromatic rings. The van der Waals surface area contributed by atoms with Gasteiger partial charge >= 0.3 is 0 Å². The van der Waals surface area contributed by atoms with Gasteiger partial charge in [-0.15, -0.1) is 0 Å². The number of carbonyl (C=O) groups is 1. The van der Waals surface area contributed by atoms with Crippen molar-refractivity contribution in [3.8, 4) is 17.6 Å². The fourth-order valence-electron chi connectivity index (χ4n) is 3.10. The monoisotopic (exact) mass is 429 g/mol. The van der Waals surface area contributed by atoms with Crippen LogP contribution in [0.4, 0.5) is 5.69 Å². The van der Waals surface area contributed by atoms with Gasteiger partial charge in [0.05, 0.1) is 31.5 Å². The van der Waals surface area contributed by atoms with Crippen LogP contribution in [0.1, 0.15) is 15.9 Å². The van der Waals surface area contributed by atoms with E-state index < -0.39 is 0 Å². The summed E-state index contributed by atoms with van der Waals surface area (Å²) < 4.78 is 11.4. The van der Waals surface area contributed by atoms with Crippen molar-refractivity contribution >= 4 is 27.5 Å². The number of nitriles is 1. The second-order valence-electron chi connectivity index (χ2n) is 6.16. The van der Waals surface area contributed by atoms with Gasteiger partial charge in [-0.1, -0.05) is 0 Å². The fourth-order valence-corrected chi connectivity index (χ4v) is 3.73. The van der Waals surface area contributed by atoms with Crippen molar-refractivity contribution < 1.29 is 14.3 Å². The molecule has 0 aromatic heterocycles. The Morgan fingerprint density at radius 1 is 1.04 bits per heavy atom. The van der Waals surface area contributed by atoms with Crippen LogP contribution in [0.15, 0.2) is 40.9 Å². The molecule has 1 fully saturated rings. The van der Waals surface area contributed by atoms with E-state index in [1.54, 1.807) is 38.5 Å². The first-order chi connectivity index (χ1) is 13.0. The maximum atomic E-state index is 12.9. The predicted molar refractivity (Wildman–Crippen MR) is 107 cm³/mol. The zero-order chi connectivity index (χ0) is 19.4. The van der Waals surface area contributed by atoms with E-state index in [4.69, 9.17) is 14.7 Å². The summed E-state index contributed by atoms with van der Waals surface area (Å²) in [4.78, 5) is 16.9. The number of carbonyl (C=O) groups excluding carboxylic acids is 1. The molecule has 0 radical (unpaired) electrons. The summed E-state index contributed by atoms with van der Waals surface area (Å²) in [5.74, 6) is 1.15. The maximum absolute atomic E-state index is 12.9. The SMILES string of the molecule is COc1cc(OC)cc(C(=O)N2CCN(c3ccc(C#N)cc3Br)CC2)c1. The van der Waals surface area contributed by atoms with Gasteiger partial charge in [0.2, 0.25) is 0 Å². The summed E-state index contributed by atoms with van der Waals surface area (Å²) >= 11 is 3.53. The molecule has 0 unspecified atom stereocenters. The van der Waals surface area contributed by atoms with Crippen molar-refractivity contribution in [2.24, 2.45) is 0 Å². The summed E-state index contributed by atoms with van der Waals surface area (Å²) in [5.41, 5.74) is 2.20. The van der Waals surface area contributed by atoms with Crippen LogP contribution in [0.3, 0.4) is 0 Å². The summed E-state index contributed by atoms with van der Waals surface area (Å²) in [6.45, 7) is 2.67. The number of benzene rings is 2. The van der Waals surface area contributed by atoms with Crippen molar-refractivity contribution in [1.29, 1.82) is 5.26 Å². The normalized spacial score (nSPS) is 13.9. The van der Waals surface area contributed by atoms with Gasteiger partial charge in [-0.2, -0.15) is 5.26 Å². The lowest BCUT2D eigenvalue weighted by Crippen LogP contribution is -2.48. The molecular weight excluding hydrogens is 410 g/mol. The van der Waals surface area contributed by atoms with Crippen molar-refractivity contribution in [3.63, 3.8) is 0 Å². The molecule has 1 amide bonds. The van der Waals surface area contributed by atoms with Gasteiger partial charge in [0.1, 0.15) is 11.5 Å². The topological polar surface area (TPSA) is 65.8 Å². The molecule has 0 atom stereocenters. The average molecular weight is 430 g/mol. The minimum absolute atomic E-state index is 0.0363. The third-order valence-corrected chi connectivity index (χ3v) is 5.22. The zero-order valence-electron chi connectivity index (χ0n) is 15.2. The van der Waals surface area contributed by atoms with E-state index >= 15 is 0 Å². The lowest BCUT2D eigenvalue weighted by molar-refractivity contribution is 0.0746. The number of hydrogen-bond acceptors (Lipinski definition) is 5. The molecule has 2 aromatic carbocycles. The highest BCUT2D eigenvalue weighted by Crippen LogP contribution is 2.29. The highest BCUT2D eigenvalue weighted by molar-refractivity contribution is 9.10. The number of rotatable bonds is 4. The molecular formula is C20H20BrN3O3. The van der Waals surface area contributed by atoms with Crippen LogP contribution in [0.5, 0.6) is 11.5 Å². The van der Waals surface area contributed by atoms with E-state index in [1.165, 1.54) is 0 Å². The molecule has 3 rings (SSSR count). The minimum atomic E-state index is -0.0363. The zero-order valence-corrected chi connectivity index (χ0v) is 16.8. The van der Waals surface area contributed by atoms with Crippen LogP contribution < -0.4 is 14.4 Å². The van der Waals surface area contributed by atoms with Crippen molar-refractivity contribution in [3.05, 3.63) is 52.0 Å². The van der Waals surface area contributed by atoms with Crippen molar-refractivity contribution in [2.45, 2.75) is 0 Å². The second kappa shape index (κ2) is 8.31. The van der Waals surface area contributed by atoms with Crippen LogP contribution in [-0.2, 0) is 0 Å². The summed E-state index contributed by atoms with van der Waals surface area (Å²) in [6.07, 6.45) is 0. The Morgan fingerprint density at radius 2 is 1.67 bits per heavy atom. The van der Waals surface area contributed by atoms with Gasteiger partial charge in [-0.05, 0) is 46.3 Å². The highest BCUT2D eigenvalue weighted by atomic mass is 79.9. The van der Waals surface area contributed by atoms with E-state index in [2.05, 4.69) is 26.9 Å². The van der Waals surface area contributed by atoms with Gasteiger partial charge in [-0.3, -0.25) is 4.79 Å². The number of nitrogens with zero attached hydrogens (tertiary/aromatic N) is 3. The molecule has 0 saturated carbocycles. The number of amides is 1. The van der Waals surface area contributed by atoms with Crippen LogP contribution in [0.2, 0.25) is 0 Å². The van der Waals surface area contributed by atoms with E-state index in [0.29, 0.717) is 35.7 Å². The Kier molecular flexibility index (Phi) is 5.87. The van der Waals surface area contributed by atoms with E-state index in [-0.39, 0.29) is 5.91 Å². The van der Waals surface area contributed by atoms with Gasteiger partial charge in [-0.25, -0.2) is 0 Å². The predicted octanol–water partition coefficient (Wildman–Crippen LogP) is 3.30. The molecule has 0 N–H and O–H groups in total. The van der Waals surface area contributed by atoms with Crippen molar-refractivity contribution in [1.82, 2.24) is 4.90 Å². The lowest BCUT2D eigenvalue weighted by Gasteiger charge is -2.36. The molecule has 1 saturated heterocycles. The Balaban J connectivity index is 1.70. The average Bonchev–Trinajstić information content (AvgIpc) is 2.72. The Bertz CT molecular complexity index is 864. The molecule has 1 heterocycles. The molecule has 1 aliphatic rings. The smallest absolute Gasteiger partial charge is 0.254 e. The summed E-state index contributed by atoms with van der Waals surface area (Å²) in [5, 5.41) is 9.00. The number of piperazine rings is 1. The number of halogens is 1. The highest BCUT2D eigenvalue weighted by Gasteiger charge is 2.24. The first-order valence-corrected chi connectivity index (χ1v) is 9.32. The van der Waals surface area contributed by atoms with Crippen LogP contribution in [-0.4, -0.2) is 51.2 Å². The number of anilines is 1. The molecule has 6 nitrogen and oxygen atoms in total. The summed E-state index contributed by atoms with van der Waals surface area (Å²) in [6, 6.07) is 12.9. The second-order valence-corrected chi connectivity index (χ2v) is 7.01. The first kappa shape index (κ1) is 19.1. The van der Waals surface area contributed by atoms with Crippen molar-refractivity contribution in [2.75, 3.05) is 45.3 Å². The lowest BCUT2D eigenvalue weighted by atomic mass is 10.1. The van der Waals surface area contributed by atoms with Crippen LogP contribution in [0, 0.1) is 11.3 Å². The third kappa shape index (κ3) is 4.17. The van der Waals surface area contributed by atoms with Gasteiger partial charge in [0.15, 0.2) is 0 Å². The van der Waals surface area contributed by atoms with Crippen LogP contribution in [0.25, 0.3) is 0 Å².